The largest absolute Gasteiger partial charge is 0.378 e. The molecule has 2 aromatic heterocycles. The predicted molar refractivity (Wildman–Crippen MR) is 75.9 cm³/mol. The number of hydrogen-bond donors (Lipinski definition) is 1. The molecule has 17 heavy (non-hydrogen) atoms. The van der Waals surface area contributed by atoms with Gasteiger partial charge in [-0.3, -0.25) is 0 Å². The van der Waals surface area contributed by atoms with Gasteiger partial charge in [0.1, 0.15) is 0 Å². The maximum atomic E-state index is 6.00. The number of aromatic nitrogens is 2. The SMILES string of the molecule is Cc1nc(C)c(CNc2cc(Br)cnc2Cl)s1. The molecule has 0 atom stereocenters. The highest BCUT2D eigenvalue weighted by Gasteiger charge is 2.06. The van der Waals surface area contributed by atoms with Crippen LogP contribution in [0.15, 0.2) is 16.7 Å². The van der Waals surface area contributed by atoms with Gasteiger partial charge in [0, 0.05) is 15.5 Å². The molecule has 0 aromatic carbocycles. The highest BCUT2D eigenvalue weighted by Crippen LogP contribution is 2.25. The summed E-state index contributed by atoms with van der Waals surface area (Å²) in [6.07, 6.45) is 1.68. The second kappa shape index (κ2) is 5.33. The summed E-state index contributed by atoms with van der Waals surface area (Å²) < 4.78 is 0.904. The van der Waals surface area contributed by atoms with Crippen LogP contribution in [0, 0.1) is 13.8 Å². The van der Waals surface area contributed by atoms with Crippen LogP contribution in [0.2, 0.25) is 5.15 Å². The normalized spacial score (nSPS) is 10.6. The van der Waals surface area contributed by atoms with E-state index in [9.17, 15) is 0 Å². The Bertz CT molecular complexity index is 542. The van der Waals surface area contributed by atoms with Crippen LogP contribution in [-0.4, -0.2) is 9.97 Å². The van der Waals surface area contributed by atoms with Crippen molar-refractivity contribution in [3.63, 3.8) is 0 Å². The zero-order chi connectivity index (χ0) is 12.4. The first kappa shape index (κ1) is 12.8. The molecular weight excluding hydrogens is 322 g/mol. The highest BCUT2D eigenvalue weighted by atomic mass is 79.9. The summed E-state index contributed by atoms with van der Waals surface area (Å²) in [5.41, 5.74) is 1.89. The molecule has 2 heterocycles. The van der Waals surface area contributed by atoms with E-state index in [1.807, 2.05) is 19.9 Å². The van der Waals surface area contributed by atoms with Crippen LogP contribution in [0.25, 0.3) is 0 Å². The second-order valence-corrected chi connectivity index (χ2v) is 6.15. The molecule has 0 fully saturated rings. The molecule has 0 spiro atoms. The molecule has 0 saturated heterocycles. The van der Waals surface area contributed by atoms with Crippen LogP contribution in [0.3, 0.4) is 0 Å². The van der Waals surface area contributed by atoms with Gasteiger partial charge in [0.05, 0.1) is 22.9 Å². The standard InChI is InChI=1S/C11H11BrClN3S/c1-6-10(17-7(2)16-6)5-14-9-3-8(12)4-15-11(9)13/h3-4,14H,5H2,1-2H3. The molecule has 0 radical (unpaired) electrons. The molecular formula is C11H11BrClN3S. The third-order valence-corrected chi connectivity index (χ3v) is 4.05. The van der Waals surface area contributed by atoms with Crippen LogP contribution in [0.4, 0.5) is 5.69 Å². The van der Waals surface area contributed by atoms with Crippen molar-refractivity contribution in [1.82, 2.24) is 9.97 Å². The smallest absolute Gasteiger partial charge is 0.152 e. The van der Waals surface area contributed by atoms with Crippen molar-refractivity contribution in [1.29, 1.82) is 0 Å². The number of nitrogens with one attached hydrogen (secondary N) is 1. The lowest BCUT2D eigenvalue weighted by molar-refractivity contribution is 1.10. The van der Waals surface area contributed by atoms with E-state index in [0.29, 0.717) is 5.15 Å². The first-order valence-electron chi connectivity index (χ1n) is 5.04. The van der Waals surface area contributed by atoms with Gasteiger partial charge in [0.2, 0.25) is 0 Å². The van der Waals surface area contributed by atoms with Crippen molar-refractivity contribution in [3.05, 3.63) is 37.5 Å². The summed E-state index contributed by atoms with van der Waals surface area (Å²) in [7, 11) is 0. The van der Waals surface area contributed by atoms with E-state index in [1.54, 1.807) is 17.5 Å². The van der Waals surface area contributed by atoms with Gasteiger partial charge in [-0.25, -0.2) is 9.97 Å². The Labute approximate surface area is 117 Å². The zero-order valence-corrected chi connectivity index (χ0v) is 12.6. The van der Waals surface area contributed by atoms with Crippen LogP contribution in [0.1, 0.15) is 15.6 Å². The number of rotatable bonds is 3. The third kappa shape index (κ3) is 3.18. The van der Waals surface area contributed by atoms with Crippen molar-refractivity contribution < 1.29 is 0 Å². The fourth-order valence-electron chi connectivity index (χ4n) is 1.46. The van der Waals surface area contributed by atoms with Crippen LogP contribution >= 0.6 is 38.9 Å². The minimum absolute atomic E-state index is 0.479. The molecule has 0 amide bonds. The number of halogens is 2. The van der Waals surface area contributed by atoms with E-state index in [4.69, 9.17) is 11.6 Å². The molecule has 0 aliphatic carbocycles. The Morgan fingerprint density at radius 1 is 1.47 bits per heavy atom. The van der Waals surface area contributed by atoms with E-state index in [1.165, 1.54) is 4.88 Å². The van der Waals surface area contributed by atoms with Crippen molar-refractivity contribution >= 4 is 44.6 Å². The Morgan fingerprint density at radius 3 is 2.88 bits per heavy atom. The summed E-state index contributed by atoms with van der Waals surface area (Å²) in [4.78, 5) is 9.67. The van der Waals surface area contributed by atoms with Crippen LogP contribution in [0.5, 0.6) is 0 Å². The molecule has 2 rings (SSSR count). The molecule has 2 aromatic rings. The quantitative estimate of drug-likeness (QED) is 0.857. The van der Waals surface area contributed by atoms with Gasteiger partial charge >= 0.3 is 0 Å². The molecule has 90 valence electrons. The Morgan fingerprint density at radius 2 is 2.24 bits per heavy atom. The fraction of sp³-hybridized carbons (Fsp3) is 0.273. The molecule has 0 unspecified atom stereocenters. The maximum Gasteiger partial charge on any atom is 0.152 e. The highest BCUT2D eigenvalue weighted by molar-refractivity contribution is 9.10. The minimum Gasteiger partial charge on any atom is -0.378 e. The Kier molecular flexibility index (Phi) is 4.01. The van der Waals surface area contributed by atoms with Crippen LogP contribution < -0.4 is 5.32 Å². The van der Waals surface area contributed by atoms with Gasteiger partial charge in [-0.2, -0.15) is 0 Å². The summed E-state index contributed by atoms with van der Waals surface area (Å²) in [5.74, 6) is 0. The van der Waals surface area contributed by atoms with Gasteiger partial charge in [-0.1, -0.05) is 11.6 Å². The van der Waals surface area contributed by atoms with Gasteiger partial charge in [-0.15, -0.1) is 11.3 Å². The van der Waals surface area contributed by atoms with E-state index in [2.05, 4.69) is 31.2 Å². The molecule has 3 nitrogen and oxygen atoms in total. The van der Waals surface area contributed by atoms with Crippen molar-refractivity contribution in [2.24, 2.45) is 0 Å². The number of pyridine rings is 1. The lowest BCUT2D eigenvalue weighted by Crippen LogP contribution is -2.00. The first-order chi connectivity index (χ1) is 8.06. The lowest BCUT2D eigenvalue weighted by atomic mass is 10.3. The number of hydrogen-bond acceptors (Lipinski definition) is 4. The topological polar surface area (TPSA) is 37.8 Å². The number of anilines is 1. The zero-order valence-electron chi connectivity index (χ0n) is 9.42. The lowest BCUT2D eigenvalue weighted by Gasteiger charge is -2.07. The Hall–Kier alpha value is -0.650. The maximum absolute atomic E-state index is 6.00. The molecule has 6 heteroatoms. The summed E-state index contributed by atoms with van der Waals surface area (Å²) >= 11 is 11.1. The number of thiazole rings is 1. The fourth-order valence-corrected chi connectivity index (χ4v) is 2.84. The second-order valence-electron chi connectivity index (χ2n) is 3.59. The average molecular weight is 333 g/mol. The van der Waals surface area contributed by atoms with Crippen LogP contribution in [-0.2, 0) is 6.54 Å². The molecule has 1 N–H and O–H groups in total. The van der Waals surface area contributed by atoms with E-state index < -0.39 is 0 Å². The van der Waals surface area contributed by atoms with Crippen molar-refractivity contribution in [2.45, 2.75) is 20.4 Å². The number of aryl methyl sites for hydroxylation is 2. The molecule has 0 aliphatic heterocycles. The Balaban J connectivity index is 2.12. The van der Waals surface area contributed by atoms with Crippen molar-refractivity contribution in [2.75, 3.05) is 5.32 Å². The van der Waals surface area contributed by atoms with E-state index in [0.717, 1.165) is 27.4 Å². The predicted octanol–water partition coefficient (Wildman–Crippen LogP) is 4.18. The van der Waals surface area contributed by atoms with Gasteiger partial charge in [-0.05, 0) is 35.8 Å². The molecule has 0 bridgehead atoms. The summed E-state index contributed by atoms with van der Waals surface area (Å²) in [5, 5.41) is 4.83. The molecule has 0 saturated carbocycles. The molecule has 0 aliphatic rings. The first-order valence-corrected chi connectivity index (χ1v) is 7.03. The minimum atomic E-state index is 0.479. The van der Waals surface area contributed by atoms with Gasteiger partial charge < -0.3 is 5.32 Å². The monoisotopic (exact) mass is 331 g/mol. The summed E-state index contributed by atoms with van der Waals surface area (Å²) in [6.45, 7) is 4.74. The number of nitrogens with zero attached hydrogens (tertiary/aromatic N) is 2. The van der Waals surface area contributed by atoms with Gasteiger partial charge in [0.15, 0.2) is 5.15 Å². The average Bonchev–Trinajstić information content (AvgIpc) is 2.59. The third-order valence-electron chi connectivity index (χ3n) is 2.24. The van der Waals surface area contributed by atoms with Gasteiger partial charge in [0.25, 0.3) is 0 Å². The van der Waals surface area contributed by atoms with E-state index in [-0.39, 0.29) is 0 Å². The van der Waals surface area contributed by atoms with E-state index >= 15 is 0 Å². The summed E-state index contributed by atoms with van der Waals surface area (Å²) in [6, 6.07) is 1.92. The van der Waals surface area contributed by atoms with Crippen molar-refractivity contribution in [3.8, 4) is 0 Å².